The van der Waals surface area contributed by atoms with Crippen molar-refractivity contribution >= 4 is 50.9 Å². The minimum absolute atomic E-state index is 0.0344. The highest BCUT2D eigenvalue weighted by atomic mass is 32.1. The fraction of sp³-hybridized carbons (Fsp3) is 0.156. The Labute approximate surface area is 247 Å². The fourth-order valence-corrected chi connectivity index (χ4v) is 6.91. The van der Waals surface area contributed by atoms with Crippen LogP contribution in [0, 0.1) is 12.7 Å². The molecule has 2 aliphatic rings. The molecule has 1 unspecified atom stereocenters. The molecule has 2 amide bonds. The number of anilines is 2. The number of carbonyl (C=O) groups is 3. The maximum atomic E-state index is 14.9. The van der Waals surface area contributed by atoms with Crippen LogP contribution in [0.3, 0.4) is 0 Å². The number of esters is 1. The van der Waals surface area contributed by atoms with Crippen LogP contribution in [0.5, 0.6) is 0 Å². The number of halogens is 1. The van der Waals surface area contributed by atoms with Crippen LogP contribution in [0.1, 0.15) is 49.5 Å². The fourth-order valence-electron chi connectivity index (χ4n) is 5.90. The zero-order chi connectivity index (χ0) is 30.0. The summed E-state index contributed by atoms with van der Waals surface area (Å²) in [6, 6.07) is 19.1. The summed E-state index contributed by atoms with van der Waals surface area (Å²) in [4.78, 5) is 63.7. The second-order valence-corrected chi connectivity index (χ2v) is 11.1. The van der Waals surface area contributed by atoms with E-state index in [4.69, 9.17) is 9.15 Å². The van der Waals surface area contributed by atoms with Crippen molar-refractivity contribution in [3.05, 3.63) is 122 Å². The van der Waals surface area contributed by atoms with Crippen molar-refractivity contribution in [2.24, 2.45) is 0 Å². The number of aromatic nitrogens is 1. The lowest BCUT2D eigenvalue weighted by Crippen LogP contribution is -2.53. The first-order valence-corrected chi connectivity index (χ1v) is 14.3. The lowest BCUT2D eigenvalue weighted by Gasteiger charge is -2.32. The Hall–Kier alpha value is -5.16. The lowest BCUT2D eigenvalue weighted by molar-refractivity contribution is -0.121. The minimum Gasteiger partial charge on any atom is -0.462 e. The van der Waals surface area contributed by atoms with Crippen LogP contribution >= 0.6 is 11.3 Å². The highest BCUT2D eigenvalue weighted by molar-refractivity contribution is 7.17. The Morgan fingerprint density at radius 1 is 1.02 bits per heavy atom. The molecule has 0 saturated heterocycles. The zero-order valence-corrected chi connectivity index (χ0v) is 23.7. The maximum Gasteiger partial charge on any atom is 0.350 e. The highest BCUT2D eigenvalue weighted by Gasteiger charge is 2.66. The number of thiazole rings is 1. The number of nitrogens with zero attached hydrogens (tertiary/aromatic N) is 3. The van der Waals surface area contributed by atoms with Gasteiger partial charge in [-0.05, 0) is 49.7 Å². The van der Waals surface area contributed by atoms with Gasteiger partial charge in [0, 0.05) is 5.56 Å². The number of hydrogen-bond donors (Lipinski definition) is 0. The number of para-hydroxylation sites is 2. The largest absolute Gasteiger partial charge is 0.462 e. The number of ether oxygens (including phenoxy) is 1. The van der Waals surface area contributed by atoms with Gasteiger partial charge in [0.05, 0.1) is 35.5 Å². The second-order valence-electron chi connectivity index (χ2n) is 10.1. The third-order valence-corrected chi connectivity index (χ3v) is 8.85. The predicted molar refractivity (Wildman–Crippen MR) is 157 cm³/mol. The average molecular weight is 596 g/mol. The van der Waals surface area contributed by atoms with Gasteiger partial charge < -0.3 is 14.1 Å². The first-order valence-electron chi connectivity index (χ1n) is 13.5. The number of hydrogen-bond acceptors (Lipinski definition) is 8. The van der Waals surface area contributed by atoms with Crippen molar-refractivity contribution in [1.29, 1.82) is 0 Å². The third kappa shape index (κ3) is 3.71. The monoisotopic (exact) mass is 595 g/mol. The highest BCUT2D eigenvalue weighted by Crippen LogP contribution is 2.55. The van der Waals surface area contributed by atoms with Gasteiger partial charge in [0.1, 0.15) is 16.3 Å². The number of carbonyl (C=O) groups excluding carboxylic acids is 3. The summed E-state index contributed by atoms with van der Waals surface area (Å²) in [5.74, 6) is -2.64. The van der Waals surface area contributed by atoms with Crippen LogP contribution in [0.4, 0.5) is 15.2 Å². The molecule has 0 aliphatic carbocycles. The van der Waals surface area contributed by atoms with Gasteiger partial charge in [-0.2, -0.15) is 0 Å². The van der Waals surface area contributed by atoms with Crippen molar-refractivity contribution in [1.82, 2.24) is 4.98 Å². The Morgan fingerprint density at radius 2 is 1.74 bits per heavy atom. The number of amides is 2. The Balaban J connectivity index is 1.52. The van der Waals surface area contributed by atoms with Gasteiger partial charge in [-0.25, -0.2) is 14.2 Å². The van der Waals surface area contributed by atoms with Crippen LogP contribution in [0.15, 0.2) is 82.0 Å². The molecule has 0 fully saturated rings. The average Bonchev–Trinajstić information content (AvgIpc) is 3.59. The summed E-state index contributed by atoms with van der Waals surface area (Å²) in [6.45, 7) is 3.46. The summed E-state index contributed by atoms with van der Waals surface area (Å²) < 4.78 is 25.0. The molecule has 43 heavy (non-hydrogen) atoms. The molecule has 0 saturated carbocycles. The van der Waals surface area contributed by atoms with Crippen LogP contribution < -0.4 is 15.2 Å². The van der Waals surface area contributed by atoms with Gasteiger partial charge in [-0.3, -0.25) is 19.3 Å². The van der Waals surface area contributed by atoms with Crippen LogP contribution in [-0.4, -0.2) is 29.4 Å². The molecule has 0 bridgehead atoms. The van der Waals surface area contributed by atoms with E-state index in [1.807, 2.05) is 0 Å². The van der Waals surface area contributed by atoms with Crippen molar-refractivity contribution in [3.8, 4) is 0 Å². The number of aryl methyl sites for hydroxylation is 1. The summed E-state index contributed by atoms with van der Waals surface area (Å²) in [7, 11) is 0. The molecule has 2 aliphatic heterocycles. The molecular formula is C32H22FN3O6S. The van der Waals surface area contributed by atoms with Crippen molar-refractivity contribution in [2.75, 3.05) is 16.4 Å². The van der Waals surface area contributed by atoms with E-state index in [2.05, 4.69) is 4.98 Å². The molecule has 9 nitrogen and oxygen atoms in total. The van der Waals surface area contributed by atoms with Gasteiger partial charge in [0.25, 0.3) is 11.8 Å². The number of benzene rings is 3. The predicted octanol–water partition coefficient (Wildman–Crippen LogP) is 5.32. The van der Waals surface area contributed by atoms with Crippen LogP contribution in [0.2, 0.25) is 0 Å². The Kier molecular flexibility index (Phi) is 6.03. The van der Waals surface area contributed by atoms with Crippen LogP contribution in [0.25, 0.3) is 11.0 Å². The van der Waals surface area contributed by atoms with E-state index in [1.165, 1.54) is 21.9 Å². The Bertz CT molecular complexity index is 2050. The molecule has 11 heteroatoms. The molecule has 7 rings (SSSR count). The zero-order valence-electron chi connectivity index (χ0n) is 22.9. The second kappa shape index (κ2) is 9.70. The standard InChI is InChI=1S/C32H22FN3O6S/c1-3-41-29(39)27-17(2)34-31(43-27)36-28(38)26-24(25(37)20-8-4-7-11-23(20)42-26)32(36)21-9-5-6-10-22(21)35(30(32)40)16-18-12-14-19(33)15-13-18/h4-15H,3,16H2,1-2H3. The summed E-state index contributed by atoms with van der Waals surface area (Å²) in [6.07, 6.45) is 0. The smallest absolute Gasteiger partial charge is 0.350 e. The molecule has 0 N–H and O–H groups in total. The number of rotatable bonds is 5. The lowest BCUT2D eigenvalue weighted by atomic mass is 9.84. The summed E-state index contributed by atoms with van der Waals surface area (Å²) >= 11 is 0.897. The summed E-state index contributed by atoms with van der Waals surface area (Å²) in [5.41, 5.74) is -0.651. The van der Waals surface area contributed by atoms with Crippen molar-refractivity contribution < 1.29 is 27.9 Å². The molecule has 2 aromatic heterocycles. The molecule has 214 valence electrons. The van der Waals surface area contributed by atoms with E-state index in [0.29, 0.717) is 22.5 Å². The van der Waals surface area contributed by atoms with Gasteiger partial charge in [0.2, 0.25) is 5.76 Å². The molecule has 0 radical (unpaired) electrons. The number of fused-ring (bicyclic) bond motifs is 5. The normalized spacial score (nSPS) is 17.2. The van der Waals surface area contributed by atoms with E-state index in [0.717, 1.165) is 11.3 Å². The molecule has 1 spiro atoms. The summed E-state index contributed by atoms with van der Waals surface area (Å²) in [5, 5.41) is 0.243. The first kappa shape index (κ1) is 26.7. The van der Waals surface area contributed by atoms with E-state index >= 15 is 0 Å². The van der Waals surface area contributed by atoms with Gasteiger partial charge in [0.15, 0.2) is 16.1 Å². The maximum absolute atomic E-state index is 14.9. The first-order chi connectivity index (χ1) is 20.8. The minimum atomic E-state index is -1.98. The third-order valence-electron chi connectivity index (χ3n) is 7.72. The van der Waals surface area contributed by atoms with Gasteiger partial charge >= 0.3 is 5.97 Å². The van der Waals surface area contributed by atoms with Crippen LogP contribution in [-0.2, 0) is 21.6 Å². The Morgan fingerprint density at radius 3 is 2.51 bits per heavy atom. The molecule has 4 heterocycles. The molecular weight excluding hydrogens is 573 g/mol. The van der Waals surface area contributed by atoms with Crippen molar-refractivity contribution in [2.45, 2.75) is 25.9 Å². The van der Waals surface area contributed by atoms with Crippen molar-refractivity contribution in [3.63, 3.8) is 0 Å². The SMILES string of the molecule is CCOC(=O)c1sc(N2C(=O)c3oc4ccccc4c(=O)c3C23C(=O)N(Cc2ccc(F)cc2)c2ccccc23)nc1C. The van der Waals surface area contributed by atoms with E-state index in [1.54, 1.807) is 74.5 Å². The molecule has 5 aromatic rings. The molecule has 1 atom stereocenters. The topological polar surface area (TPSA) is 110 Å². The van der Waals surface area contributed by atoms with Gasteiger partial charge in [-0.1, -0.05) is 53.8 Å². The quantitative estimate of drug-likeness (QED) is 0.253. The van der Waals surface area contributed by atoms with Gasteiger partial charge in [-0.15, -0.1) is 0 Å². The molecule has 3 aromatic carbocycles. The van der Waals surface area contributed by atoms with E-state index in [9.17, 15) is 23.6 Å². The van der Waals surface area contributed by atoms with E-state index < -0.39 is 34.6 Å². The van der Waals surface area contributed by atoms with E-state index in [-0.39, 0.29) is 45.5 Å².